The van der Waals surface area contributed by atoms with Gasteiger partial charge in [0.15, 0.2) is 0 Å². The highest BCUT2D eigenvalue weighted by molar-refractivity contribution is 6.38. The van der Waals surface area contributed by atoms with Crippen molar-refractivity contribution in [1.29, 1.82) is 0 Å². The van der Waals surface area contributed by atoms with Crippen LogP contribution in [0.25, 0.3) is 0 Å². The standard InChI is InChI=1S/C25H40N4O5/c1-6-8-18(20(31)23(33)27-16-11-12-16)28-22(32)19-17-10-7-9-15(17)13-29(19)24(34)21(25(3,4)5)26-14(2)30/h15-19,21H,6-13H2,1-5H3,(H,26,30)(H,27,33)(H,28,32)/t15-,17-,18-,19-,21+/m0/s1. The molecule has 3 fully saturated rings. The molecule has 2 aliphatic carbocycles. The summed E-state index contributed by atoms with van der Waals surface area (Å²) in [6.45, 7) is 9.37. The molecule has 190 valence electrons. The largest absolute Gasteiger partial charge is 0.347 e. The van der Waals surface area contributed by atoms with Crippen LogP contribution >= 0.6 is 0 Å². The Morgan fingerprint density at radius 3 is 2.24 bits per heavy atom. The topological polar surface area (TPSA) is 125 Å². The number of Topliss-reactive ketones (excluding diaryl/α,β-unsaturated/α-hetero) is 1. The molecule has 5 atom stereocenters. The van der Waals surface area contributed by atoms with Gasteiger partial charge < -0.3 is 20.9 Å². The monoisotopic (exact) mass is 476 g/mol. The smallest absolute Gasteiger partial charge is 0.289 e. The van der Waals surface area contributed by atoms with Crippen molar-refractivity contribution in [2.45, 2.75) is 104 Å². The summed E-state index contributed by atoms with van der Waals surface area (Å²) >= 11 is 0. The van der Waals surface area contributed by atoms with Crippen LogP contribution in [0.1, 0.15) is 79.6 Å². The fourth-order valence-corrected chi connectivity index (χ4v) is 5.34. The fraction of sp³-hybridized carbons (Fsp3) is 0.800. The third-order valence-electron chi connectivity index (χ3n) is 7.25. The molecule has 0 spiro atoms. The Labute approximate surface area is 202 Å². The van der Waals surface area contributed by atoms with E-state index < -0.39 is 35.2 Å². The Bertz CT molecular complexity index is 832. The van der Waals surface area contributed by atoms with E-state index in [1.165, 1.54) is 6.92 Å². The summed E-state index contributed by atoms with van der Waals surface area (Å²) in [5.74, 6) is -2.02. The Morgan fingerprint density at radius 1 is 1.00 bits per heavy atom. The highest BCUT2D eigenvalue weighted by Crippen LogP contribution is 2.43. The normalized spacial score (nSPS) is 25.8. The fourth-order valence-electron chi connectivity index (χ4n) is 5.34. The van der Waals surface area contributed by atoms with Gasteiger partial charge in [-0.25, -0.2) is 0 Å². The van der Waals surface area contributed by atoms with Gasteiger partial charge in [0.2, 0.25) is 23.5 Å². The van der Waals surface area contributed by atoms with E-state index >= 15 is 0 Å². The summed E-state index contributed by atoms with van der Waals surface area (Å²) in [7, 11) is 0. The lowest BCUT2D eigenvalue weighted by atomic mass is 9.85. The van der Waals surface area contributed by atoms with Gasteiger partial charge >= 0.3 is 0 Å². The Morgan fingerprint density at radius 2 is 1.68 bits per heavy atom. The number of fused-ring (bicyclic) bond motifs is 1. The van der Waals surface area contributed by atoms with Crippen molar-refractivity contribution >= 4 is 29.4 Å². The summed E-state index contributed by atoms with van der Waals surface area (Å²) < 4.78 is 0. The van der Waals surface area contributed by atoms with Crippen LogP contribution in [0.15, 0.2) is 0 Å². The summed E-state index contributed by atoms with van der Waals surface area (Å²) in [6, 6.07) is -2.34. The minimum atomic E-state index is -0.914. The average molecular weight is 477 g/mol. The summed E-state index contributed by atoms with van der Waals surface area (Å²) in [6.07, 6.45) is 5.50. The van der Waals surface area contributed by atoms with E-state index in [9.17, 15) is 24.0 Å². The summed E-state index contributed by atoms with van der Waals surface area (Å²) in [5.41, 5.74) is -0.539. The predicted octanol–water partition coefficient (Wildman–Crippen LogP) is 1.30. The first-order valence-corrected chi connectivity index (χ1v) is 12.7. The van der Waals surface area contributed by atoms with Crippen LogP contribution in [0.3, 0.4) is 0 Å². The van der Waals surface area contributed by atoms with Gasteiger partial charge in [0, 0.05) is 19.5 Å². The number of nitrogens with zero attached hydrogens (tertiary/aromatic N) is 1. The first-order chi connectivity index (χ1) is 15.9. The molecule has 34 heavy (non-hydrogen) atoms. The first kappa shape index (κ1) is 26.2. The van der Waals surface area contributed by atoms with Gasteiger partial charge in [-0.2, -0.15) is 0 Å². The minimum absolute atomic E-state index is 0.0135. The highest BCUT2D eigenvalue weighted by atomic mass is 16.2. The first-order valence-electron chi connectivity index (χ1n) is 12.7. The molecular formula is C25H40N4O5. The number of likely N-dealkylation sites (tertiary alicyclic amines) is 1. The van der Waals surface area contributed by atoms with Crippen molar-refractivity contribution in [2.75, 3.05) is 6.54 Å². The molecular weight excluding hydrogens is 436 g/mol. The Balaban J connectivity index is 1.80. The van der Waals surface area contributed by atoms with Crippen LogP contribution in [0.2, 0.25) is 0 Å². The van der Waals surface area contributed by atoms with Crippen LogP contribution in [-0.4, -0.2) is 65.0 Å². The zero-order valence-corrected chi connectivity index (χ0v) is 21.1. The van der Waals surface area contributed by atoms with Gasteiger partial charge in [-0.1, -0.05) is 40.5 Å². The lowest BCUT2D eigenvalue weighted by molar-refractivity contribution is -0.145. The maximum atomic E-state index is 13.7. The van der Waals surface area contributed by atoms with E-state index in [0.717, 1.165) is 32.1 Å². The highest BCUT2D eigenvalue weighted by Gasteiger charge is 2.52. The Hall–Kier alpha value is -2.45. The molecule has 0 aromatic carbocycles. The SMILES string of the molecule is CCC[C@H](NC(=O)[C@@H]1[C@H]2CCC[C@H]2CN1C(=O)[C@@H](NC(C)=O)C(C)(C)C)C(=O)C(=O)NC1CC1. The zero-order valence-electron chi connectivity index (χ0n) is 21.1. The molecule has 0 aromatic rings. The number of amides is 4. The van der Waals surface area contributed by atoms with Crippen LogP contribution in [0, 0.1) is 17.3 Å². The lowest BCUT2D eigenvalue weighted by Gasteiger charge is -2.36. The number of hydrogen-bond donors (Lipinski definition) is 3. The van der Waals surface area contributed by atoms with E-state index in [1.54, 1.807) is 4.90 Å². The number of carbonyl (C=O) groups is 5. The molecule has 0 unspecified atom stereocenters. The van der Waals surface area contributed by atoms with Crippen molar-refractivity contribution in [1.82, 2.24) is 20.9 Å². The summed E-state index contributed by atoms with van der Waals surface area (Å²) in [5, 5.41) is 8.30. The van der Waals surface area contributed by atoms with Gasteiger partial charge in [0.25, 0.3) is 5.91 Å². The van der Waals surface area contributed by atoms with Crippen molar-refractivity contribution in [3.05, 3.63) is 0 Å². The summed E-state index contributed by atoms with van der Waals surface area (Å²) in [4.78, 5) is 65.8. The molecule has 9 nitrogen and oxygen atoms in total. The maximum absolute atomic E-state index is 13.7. The second-order valence-corrected chi connectivity index (χ2v) is 11.3. The zero-order chi connectivity index (χ0) is 25.2. The van der Waals surface area contributed by atoms with Gasteiger partial charge in [-0.05, 0) is 49.4 Å². The van der Waals surface area contributed by atoms with Crippen molar-refractivity contribution in [2.24, 2.45) is 17.3 Å². The lowest BCUT2D eigenvalue weighted by Crippen LogP contribution is -2.59. The van der Waals surface area contributed by atoms with Crippen LogP contribution in [0.5, 0.6) is 0 Å². The van der Waals surface area contributed by atoms with Crippen molar-refractivity contribution < 1.29 is 24.0 Å². The molecule has 0 bridgehead atoms. The molecule has 2 saturated carbocycles. The van der Waals surface area contributed by atoms with Crippen LogP contribution < -0.4 is 16.0 Å². The van der Waals surface area contributed by atoms with Gasteiger partial charge in [-0.3, -0.25) is 24.0 Å². The van der Waals surface area contributed by atoms with E-state index in [4.69, 9.17) is 0 Å². The molecule has 9 heteroatoms. The van der Waals surface area contributed by atoms with Gasteiger partial charge in [0.05, 0.1) is 6.04 Å². The number of carbonyl (C=O) groups excluding carboxylic acids is 5. The van der Waals surface area contributed by atoms with E-state index in [2.05, 4.69) is 16.0 Å². The quantitative estimate of drug-likeness (QED) is 0.433. The molecule has 1 aliphatic heterocycles. The second-order valence-electron chi connectivity index (χ2n) is 11.3. The third-order valence-corrected chi connectivity index (χ3v) is 7.25. The molecule has 0 radical (unpaired) electrons. The minimum Gasteiger partial charge on any atom is -0.347 e. The molecule has 3 N–H and O–H groups in total. The van der Waals surface area contributed by atoms with E-state index in [0.29, 0.717) is 19.4 Å². The number of hydrogen-bond acceptors (Lipinski definition) is 5. The van der Waals surface area contributed by atoms with Crippen LogP contribution in [-0.2, 0) is 24.0 Å². The van der Waals surface area contributed by atoms with Crippen LogP contribution in [0.4, 0.5) is 0 Å². The number of ketones is 1. The van der Waals surface area contributed by atoms with Gasteiger partial charge in [-0.15, -0.1) is 0 Å². The van der Waals surface area contributed by atoms with Gasteiger partial charge in [0.1, 0.15) is 12.1 Å². The van der Waals surface area contributed by atoms with Crippen molar-refractivity contribution in [3.8, 4) is 0 Å². The second kappa shape index (κ2) is 10.4. The van der Waals surface area contributed by atoms with E-state index in [-0.39, 0.29) is 35.6 Å². The number of nitrogens with one attached hydrogen (secondary N) is 3. The number of rotatable bonds is 9. The molecule has 3 rings (SSSR count). The predicted molar refractivity (Wildman–Crippen MR) is 126 cm³/mol. The van der Waals surface area contributed by atoms with Crippen molar-refractivity contribution in [3.63, 3.8) is 0 Å². The molecule has 1 saturated heterocycles. The third kappa shape index (κ3) is 5.96. The van der Waals surface area contributed by atoms with E-state index in [1.807, 2.05) is 27.7 Å². The molecule has 3 aliphatic rings. The molecule has 4 amide bonds. The molecule has 1 heterocycles. The average Bonchev–Trinajstić information content (AvgIpc) is 3.30. The Kier molecular flexibility index (Phi) is 8.03. The molecule has 0 aromatic heterocycles. The maximum Gasteiger partial charge on any atom is 0.289 e.